The number of oxime groups is 2. The van der Waals surface area contributed by atoms with Crippen molar-refractivity contribution in [2.75, 3.05) is 13.1 Å². The van der Waals surface area contributed by atoms with Gasteiger partial charge in [0.15, 0.2) is 0 Å². The molecule has 0 atom stereocenters. The number of hydrogen-bond acceptors (Lipinski definition) is 6. The van der Waals surface area contributed by atoms with E-state index in [1.807, 2.05) is 84.9 Å². The molecule has 8 nitrogen and oxygen atoms in total. The van der Waals surface area contributed by atoms with E-state index in [9.17, 15) is 20.0 Å². The van der Waals surface area contributed by atoms with Gasteiger partial charge in [0.1, 0.15) is 0 Å². The van der Waals surface area contributed by atoms with E-state index in [4.69, 9.17) is 0 Å². The molecule has 4 N–H and O–H groups in total. The maximum absolute atomic E-state index is 12.5. The Morgan fingerprint density at radius 2 is 1.00 bits per heavy atom. The molecule has 206 valence electrons. The Hall–Kier alpha value is -3.68. The van der Waals surface area contributed by atoms with E-state index in [2.05, 4.69) is 20.9 Å². The normalized spacial score (nSPS) is 12.0. The van der Waals surface area contributed by atoms with Gasteiger partial charge in [-0.1, -0.05) is 0 Å². The fourth-order valence-electron chi connectivity index (χ4n) is 4.14. The zero-order valence-electron chi connectivity index (χ0n) is 21.7. The number of amides is 2. The number of nitrogens with one attached hydrogen (secondary N) is 2. The van der Waals surface area contributed by atoms with Gasteiger partial charge < -0.3 is 0 Å². The van der Waals surface area contributed by atoms with Crippen LogP contribution in [0.15, 0.2) is 95.2 Å². The first-order valence-corrected chi connectivity index (χ1v) is 19.5. The predicted molar refractivity (Wildman–Crippen MR) is 161 cm³/mol. The Bertz CT molecular complexity index is 1430. The first kappa shape index (κ1) is 29.3. The van der Waals surface area contributed by atoms with Gasteiger partial charge in [-0.05, 0) is 0 Å². The van der Waals surface area contributed by atoms with Crippen LogP contribution in [0.1, 0.15) is 11.1 Å². The predicted octanol–water partition coefficient (Wildman–Crippen LogP) is 3.83. The molecule has 0 saturated carbocycles. The van der Waals surface area contributed by atoms with Crippen LogP contribution in [-0.4, -0.2) is 73.0 Å². The van der Waals surface area contributed by atoms with Crippen molar-refractivity contribution < 1.29 is 20.0 Å². The standard InChI is InChI=1S/C30H30N4O4Se2/c35-29(27(33-37)19-21-9-11-23-5-1-3-7-25(23)17-21)31-13-15-39-40-16-14-32-30(36)28(34-38)20-22-10-12-24-6-2-4-8-26(24)18-22/h1-12,17-18,37-38H,13-16,19-20H2,(H,31,35)(H,32,36)/b33-27+,34-28+. The minimum absolute atomic E-state index is 0.0843. The monoisotopic (exact) mass is 670 g/mol. The molecule has 4 rings (SSSR count). The summed E-state index contributed by atoms with van der Waals surface area (Å²) in [4.78, 5) is 24.9. The molecular weight excluding hydrogens is 638 g/mol. The Kier molecular flexibility index (Phi) is 11.1. The van der Waals surface area contributed by atoms with Gasteiger partial charge in [-0.15, -0.1) is 0 Å². The quantitative estimate of drug-likeness (QED) is 0.0569. The molecule has 0 spiro atoms. The molecule has 0 radical (unpaired) electrons. The number of fused-ring (bicyclic) bond motifs is 2. The summed E-state index contributed by atoms with van der Waals surface area (Å²) >= 11 is 0.692. The summed E-state index contributed by atoms with van der Waals surface area (Å²) in [6.45, 7) is 1.02. The van der Waals surface area contributed by atoms with Crippen LogP contribution >= 0.6 is 0 Å². The van der Waals surface area contributed by atoms with Gasteiger partial charge >= 0.3 is 245 Å². The molecule has 0 unspecified atom stereocenters. The van der Waals surface area contributed by atoms with Crippen molar-refractivity contribution in [1.82, 2.24) is 10.6 Å². The second-order valence-corrected chi connectivity index (χ2v) is 16.8. The molecule has 0 saturated heterocycles. The van der Waals surface area contributed by atoms with Crippen molar-refractivity contribution in [2.24, 2.45) is 10.3 Å². The molecule has 0 aliphatic heterocycles. The average molecular weight is 669 g/mol. The third-order valence-corrected chi connectivity index (χ3v) is 13.5. The van der Waals surface area contributed by atoms with Gasteiger partial charge in [-0.3, -0.25) is 0 Å². The van der Waals surface area contributed by atoms with Crippen LogP contribution in [0.3, 0.4) is 0 Å². The zero-order valence-corrected chi connectivity index (χ0v) is 25.2. The van der Waals surface area contributed by atoms with Crippen molar-refractivity contribution in [3.8, 4) is 0 Å². The molecular formula is C30H30N4O4Se2. The summed E-state index contributed by atoms with van der Waals surface area (Å²) in [5.41, 5.74) is 1.98. The van der Waals surface area contributed by atoms with Gasteiger partial charge in [0, 0.05) is 0 Å². The molecule has 2 amide bonds. The fourth-order valence-corrected chi connectivity index (χ4v) is 9.80. The van der Waals surface area contributed by atoms with Crippen molar-refractivity contribution in [1.29, 1.82) is 0 Å². The number of hydrogen-bond donors (Lipinski definition) is 4. The molecule has 0 aromatic heterocycles. The SMILES string of the molecule is O=C(NCC[Se][Se]CCNC(=O)/C(Cc1ccc2ccccc2c1)=N/O)/C(Cc1ccc2ccccc2c1)=N/O. The molecule has 4 aromatic carbocycles. The second kappa shape index (κ2) is 15.2. The Morgan fingerprint density at radius 1 is 0.600 bits per heavy atom. The summed E-state index contributed by atoms with van der Waals surface area (Å²) in [6.07, 6.45) is 0.504. The molecule has 10 heteroatoms. The van der Waals surface area contributed by atoms with Gasteiger partial charge in [0.05, 0.1) is 0 Å². The minimum atomic E-state index is -0.367. The molecule has 0 heterocycles. The molecule has 0 aliphatic carbocycles. The first-order chi connectivity index (χ1) is 19.6. The van der Waals surface area contributed by atoms with Gasteiger partial charge in [0.25, 0.3) is 0 Å². The van der Waals surface area contributed by atoms with Gasteiger partial charge in [-0.2, -0.15) is 0 Å². The Labute approximate surface area is 243 Å². The third kappa shape index (κ3) is 8.41. The topological polar surface area (TPSA) is 123 Å². The number of carbonyl (C=O) groups excluding carboxylic acids is 2. The molecule has 0 aliphatic rings. The van der Waals surface area contributed by atoms with E-state index in [0.29, 0.717) is 39.4 Å². The second-order valence-electron chi connectivity index (χ2n) is 8.97. The summed E-state index contributed by atoms with van der Waals surface area (Å²) in [5, 5.41) is 37.0. The van der Waals surface area contributed by atoms with E-state index >= 15 is 0 Å². The zero-order chi connectivity index (χ0) is 28.2. The molecule has 4 aromatic rings. The van der Waals surface area contributed by atoms with Gasteiger partial charge in [-0.25, -0.2) is 0 Å². The van der Waals surface area contributed by atoms with Crippen molar-refractivity contribution in [2.45, 2.75) is 23.5 Å². The van der Waals surface area contributed by atoms with E-state index in [1.165, 1.54) is 0 Å². The summed E-state index contributed by atoms with van der Waals surface area (Å²) in [6, 6.07) is 27.8. The summed E-state index contributed by atoms with van der Waals surface area (Å²) in [7, 11) is 0. The van der Waals surface area contributed by atoms with Crippen LogP contribution in [0.4, 0.5) is 0 Å². The fraction of sp³-hybridized carbons (Fsp3) is 0.200. The van der Waals surface area contributed by atoms with Crippen LogP contribution in [-0.2, 0) is 22.4 Å². The van der Waals surface area contributed by atoms with Crippen LogP contribution < -0.4 is 10.6 Å². The van der Waals surface area contributed by atoms with Crippen LogP contribution in [0, 0.1) is 0 Å². The summed E-state index contributed by atoms with van der Waals surface area (Å²) in [5.74, 6) is -0.734. The molecule has 40 heavy (non-hydrogen) atoms. The van der Waals surface area contributed by atoms with Gasteiger partial charge in [0.2, 0.25) is 0 Å². The maximum atomic E-state index is 12.5. The average Bonchev–Trinajstić information content (AvgIpc) is 2.99. The Morgan fingerprint density at radius 3 is 1.40 bits per heavy atom. The van der Waals surface area contributed by atoms with E-state index in [1.54, 1.807) is 0 Å². The molecule has 0 bridgehead atoms. The number of carbonyl (C=O) groups is 2. The van der Waals surface area contributed by atoms with Crippen molar-refractivity contribution in [3.63, 3.8) is 0 Å². The number of nitrogens with zero attached hydrogens (tertiary/aromatic N) is 2. The van der Waals surface area contributed by atoms with Crippen molar-refractivity contribution in [3.05, 3.63) is 96.1 Å². The van der Waals surface area contributed by atoms with Crippen LogP contribution in [0.5, 0.6) is 0 Å². The van der Waals surface area contributed by atoms with Crippen molar-refractivity contribution >= 4 is 71.0 Å². The van der Waals surface area contributed by atoms with Crippen LogP contribution in [0.25, 0.3) is 21.5 Å². The van der Waals surface area contributed by atoms with E-state index in [0.717, 1.165) is 43.3 Å². The Balaban J connectivity index is 1.11. The molecule has 0 fully saturated rings. The first-order valence-electron chi connectivity index (χ1n) is 12.8. The summed E-state index contributed by atoms with van der Waals surface area (Å²) < 4.78 is 0. The van der Waals surface area contributed by atoms with Crippen LogP contribution in [0.2, 0.25) is 10.6 Å². The van der Waals surface area contributed by atoms with E-state index < -0.39 is 0 Å². The van der Waals surface area contributed by atoms with E-state index in [-0.39, 0.29) is 36.1 Å². The third-order valence-electron chi connectivity index (χ3n) is 6.16. The number of benzene rings is 4. The number of rotatable bonds is 13.